The van der Waals surface area contributed by atoms with Crippen molar-refractivity contribution in [1.82, 2.24) is 9.78 Å². The van der Waals surface area contributed by atoms with Crippen molar-refractivity contribution >= 4 is 11.6 Å². The zero-order chi connectivity index (χ0) is 13.3. The van der Waals surface area contributed by atoms with Gasteiger partial charge in [0.1, 0.15) is 0 Å². The number of alkyl halides is 3. The third-order valence-corrected chi connectivity index (χ3v) is 2.68. The molecule has 0 unspecified atom stereocenters. The summed E-state index contributed by atoms with van der Waals surface area (Å²) in [5, 5.41) is 12.7. The van der Waals surface area contributed by atoms with E-state index in [2.05, 4.69) is 5.10 Å². The van der Waals surface area contributed by atoms with Crippen LogP contribution in [0.1, 0.15) is 11.3 Å². The second-order valence-corrected chi connectivity index (χ2v) is 3.94. The molecule has 96 valence electrons. The molecular formula is C11H8ClF3N2O. The Morgan fingerprint density at radius 2 is 1.94 bits per heavy atom. The van der Waals surface area contributed by atoms with Gasteiger partial charge in [0.25, 0.3) is 0 Å². The van der Waals surface area contributed by atoms with Gasteiger partial charge in [0.2, 0.25) is 0 Å². The van der Waals surface area contributed by atoms with Crippen molar-refractivity contribution in [2.75, 3.05) is 0 Å². The van der Waals surface area contributed by atoms with E-state index in [0.717, 1.165) is 6.20 Å². The molecule has 1 N–H and O–H groups in total. The van der Waals surface area contributed by atoms with Gasteiger partial charge in [-0.3, -0.25) is 0 Å². The lowest BCUT2D eigenvalue weighted by molar-refractivity contribution is -0.143. The van der Waals surface area contributed by atoms with E-state index in [1.165, 1.54) is 12.1 Å². The third-order valence-electron chi connectivity index (χ3n) is 2.36. The largest absolute Gasteiger partial charge is 0.433 e. The van der Waals surface area contributed by atoms with Crippen LogP contribution in [0.3, 0.4) is 0 Å². The Morgan fingerprint density at radius 3 is 2.50 bits per heavy atom. The average molecular weight is 277 g/mol. The highest BCUT2D eigenvalue weighted by Gasteiger charge is 2.38. The van der Waals surface area contributed by atoms with Crippen LogP contribution in [0.4, 0.5) is 13.2 Å². The number of aliphatic hydroxyl groups excluding tert-OH is 1. The summed E-state index contributed by atoms with van der Waals surface area (Å²) < 4.78 is 39.5. The molecule has 0 radical (unpaired) electrons. The van der Waals surface area contributed by atoms with Gasteiger partial charge in [-0.25, -0.2) is 4.68 Å². The molecule has 0 spiro atoms. The number of para-hydroxylation sites is 1. The molecule has 1 aromatic carbocycles. The van der Waals surface area contributed by atoms with Gasteiger partial charge < -0.3 is 5.11 Å². The number of hydrogen-bond acceptors (Lipinski definition) is 2. The van der Waals surface area contributed by atoms with Crippen molar-refractivity contribution in [3.63, 3.8) is 0 Å². The highest BCUT2D eigenvalue weighted by atomic mass is 35.5. The van der Waals surface area contributed by atoms with Crippen LogP contribution in [0.5, 0.6) is 0 Å². The summed E-state index contributed by atoms with van der Waals surface area (Å²) in [7, 11) is 0. The van der Waals surface area contributed by atoms with Crippen molar-refractivity contribution < 1.29 is 18.3 Å². The number of halogens is 4. The monoisotopic (exact) mass is 276 g/mol. The maximum atomic E-state index is 12.9. The van der Waals surface area contributed by atoms with Crippen molar-refractivity contribution in [3.05, 3.63) is 46.7 Å². The Morgan fingerprint density at radius 1 is 1.28 bits per heavy atom. The Kier molecular flexibility index (Phi) is 3.32. The van der Waals surface area contributed by atoms with Crippen LogP contribution in [0.25, 0.3) is 5.69 Å². The first kappa shape index (κ1) is 12.9. The molecule has 7 heteroatoms. The van der Waals surface area contributed by atoms with E-state index in [-0.39, 0.29) is 16.3 Å². The average Bonchev–Trinajstić information content (AvgIpc) is 2.73. The van der Waals surface area contributed by atoms with E-state index in [1.807, 2.05) is 0 Å². The molecule has 18 heavy (non-hydrogen) atoms. The van der Waals surface area contributed by atoms with Crippen molar-refractivity contribution in [1.29, 1.82) is 0 Å². The molecule has 0 aliphatic heterocycles. The molecule has 0 aliphatic rings. The summed E-state index contributed by atoms with van der Waals surface area (Å²) >= 11 is 5.84. The molecule has 0 saturated heterocycles. The lowest BCUT2D eigenvalue weighted by Crippen LogP contribution is -2.15. The molecule has 0 atom stereocenters. The first-order valence-corrected chi connectivity index (χ1v) is 5.33. The molecule has 3 nitrogen and oxygen atoms in total. The molecule has 0 aliphatic carbocycles. The van der Waals surface area contributed by atoms with Gasteiger partial charge in [-0.15, -0.1) is 0 Å². The van der Waals surface area contributed by atoms with Gasteiger partial charge in [0.05, 0.1) is 23.5 Å². The van der Waals surface area contributed by atoms with Gasteiger partial charge in [0.15, 0.2) is 5.69 Å². The summed E-state index contributed by atoms with van der Waals surface area (Å²) in [6.07, 6.45) is -3.64. The second kappa shape index (κ2) is 4.62. The van der Waals surface area contributed by atoms with Gasteiger partial charge in [0, 0.05) is 5.56 Å². The standard InChI is InChI=1S/C11H8ClF3N2O/c12-8-3-1-2-4-9(8)17-10(11(13,14)15)7(6-18)5-16-17/h1-5,18H,6H2. The summed E-state index contributed by atoms with van der Waals surface area (Å²) in [5.74, 6) is 0. The first-order valence-electron chi connectivity index (χ1n) is 4.95. The van der Waals surface area contributed by atoms with Crippen LogP contribution in [0.2, 0.25) is 5.02 Å². The molecule has 2 aromatic rings. The molecule has 2 rings (SSSR count). The summed E-state index contributed by atoms with van der Waals surface area (Å²) in [4.78, 5) is 0. The zero-order valence-corrected chi connectivity index (χ0v) is 9.70. The van der Waals surface area contributed by atoms with E-state index in [0.29, 0.717) is 4.68 Å². The Bertz CT molecular complexity index is 566. The fraction of sp³-hybridized carbons (Fsp3) is 0.182. The number of benzene rings is 1. The SMILES string of the molecule is OCc1cnn(-c2ccccc2Cl)c1C(F)(F)F. The lowest BCUT2D eigenvalue weighted by atomic mass is 10.2. The number of aliphatic hydroxyl groups is 1. The topological polar surface area (TPSA) is 38.1 Å². The van der Waals surface area contributed by atoms with Gasteiger partial charge in [-0.05, 0) is 12.1 Å². The van der Waals surface area contributed by atoms with E-state index < -0.39 is 18.5 Å². The number of nitrogens with zero attached hydrogens (tertiary/aromatic N) is 2. The van der Waals surface area contributed by atoms with Crippen molar-refractivity contribution in [2.45, 2.75) is 12.8 Å². The number of aromatic nitrogens is 2. The maximum Gasteiger partial charge on any atom is 0.433 e. The van der Waals surface area contributed by atoms with Crippen LogP contribution >= 0.6 is 11.6 Å². The Balaban J connectivity index is 2.66. The van der Waals surface area contributed by atoms with Crippen molar-refractivity contribution in [3.8, 4) is 5.69 Å². The lowest BCUT2D eigenvalue weighted by Gasteiger charge is -2.12. The van der Waals surface area contributed by atoms with Gasteiger partial charge in [-0.1, -0.05) is 23.7 Å². The minimum atomic E-state index is -4.62. The molecule has 1 aromatic heterocycles. The summed E-state index contributed by atoms with van der Waals surface area (Å²) in [6.45, 7) is -0.737. The van der Waals surface area contributed by atoms with E-state index in [9.17, 15) is 13.2 Å². The van der Waals surface area contributed by atoms with Crippen LogP contribution < -0.4 is 0 Å². The zero-order valence-electron chi connectivity index (χ0n) is 8.95. The minimum absolute atomic E-state index is 0.117. The molecule has 0 saturated carbocycles. The van der Waals surface area contributed by atoms with E-state index >= 15 is 0 Å². The third kappa shape index (κ3) is 2.21. The maximum absolute atomic E-state index is 12.9. The Hall–Kier alpha value is -1.53. The van der Waals surface area contributed by atoms with Gasteiger partial charge >= 0.3 is 6.18 Å². The van der Waals surface area contributed by atoms with E-state index in [1.54, 1.807) is 12.1 Å². The van der Waals surface area contributed by atoms with E-state index in [4.69, 9.17) is 16.7 Å². The smallest absolute Gasteiger partial charge is 0.392 e. The number of rotatable bonds is 2. The molecule has 0 fully saturated rings. The molecule has 0 bridgehead atoms. The summed E-state index contributed by atoms with van der Waals surface area (Å²) in [6, 6.07) is 6.06. The molecule has 1 heterocycles. The molecule has 0 amide bonds. The highest BCUT2D eigenvalue weighted by Crippen LogP contribution is 2.34. The fourth-order valence-electron chi connectivity index (χ4n) is 1.61. The normalized spacial score (nSPS) is 11.8. The quantitative estimate of drug-likeness (QED) is 0.915. The predicted molar refractivity (Wildman–Crippen MR) is 59.5 cm³/mol. The number of hydrogen-bond donors (Lipinski definition) is 1. The van der Waals surface area contributed by atoms with Gasteiger partial charge in [-0.2, -0.15) is 18.3 Å². The van der Waals surface area contributed by atoms with Crippen LogP contribution in [-0.2, 0) is 12.8 Å². The molecular weight excluding hydrogens is 269 g/mol. The predicted octanol–water partition coefficient (Wildman–Crippen LogP) is 3.04. The minimum Gasteiger partial charge on any atom is -0.392 e. The summed E-state index contributed by atoms with van der Waals surface area (Å²) in [5.41, 5.74) is -1.19. The van der Waals surface area contributed by atoms with Crippen LogP contribution in [-0.4, -0.2) is 14.9 Å². The van der Waals surface area contributed by atoms with Crippen LogP contribution in [0, 0.1) is 0 Å². The van der Waals surface area contributed by atoms with Crippen molar-refractivity contribution in [2.24, 2.45) is 0 Å². The fourth-order valence-corrected chi connectivity index (χ4v) is 1.82. The second-order valence-electron chi connectivity index (χ2n) is 3.54. The van der Waals surface area contributed by atoms with Crippen LogP contribution in [0.15, 0.2) is 30.5 Å². The first-order chi connectivity index (χ1) is 8.45. The Labute approximate surface area is 105 Å². The highest BCUT2D eigenvalue weighted by molar-refractivity contribution is 6.32.